The molecule has 1 saturated heterocycles. The van der Waals surface area contributed by atoms with Gasteiger partial charge in [-0.3, -0.25) is 9.59 Å². The van der Waals surface area contributed by atoms with E-state index < -0.39 is 0 Å². The van der Waals surface area contributed by atoms with Gasteiger partial charge in [-0.25, -0.2) is 0 Å². The molecule has 0 unspecified atom stereocenters. The summed E-state index contributed by atoms with van der Waals surface area (Å²) in [5.74, 6) is 0.134. The third kappa shape index (κ3) is 7.64. The van der Waals surface area contributed by atoms with Crippen molar-refractivity contribution < 1.29 is 14.3 Å². The van der Waals surface area contributed by atoms with Crippen LogP contribution in [0.2, 0.25) is 0 Å². The van der Waals surface area contributed by atoms with Crippen LogP contribution in [-0.2, 0) is 9.53 Å². The molecular weight excluding hydrogens is 362 g/mol. The molecule has 3 N–H and O–H groups in total. The highest BCUT2D eigenvalue weighted by atomic mass is 35.5. The van der Waals surface area contributed by atoms with Crippen LogP contribution in [-0.4, -0.2) is 57.0 Å². The summed E-state index contributed by atoms with van der Waals surface area (Å²) in [6, 6.07) is 7.57. The highest BCUT2D eigenvalue weighted by molar-refractivity contribution is 8.00. The van der Waals surface area contributed by atoms with Gasteiger partial charge in [0.15, 0.2) is 0 Å². The lowest BCUT2D eigenvalue weighted by molar-refractivity contribution is -0.118. The van der Waals surface area contributed by atoms with Crippen molar-refractivity contribution in [3.8, 4) is 0 Å². The normalized spacial score (nSPS) is 16.6. The molecule has 0 spiro atoms. The number of amides is 2. The standard InChI is InChI=1S/C17H25N3O3S.ClH/c1-23-10-9-19-16(21)12-24-15-7-3-2-6-14(15)17(22)20-13-5-4-8-18-11-13;/h2-3,6-7,13,18H,4-5,8-12H2,1H3,(H,19,21)(H,20,22);1H/t13-;/m0./s1. The number of piperidine rings is 1. The summed E-state index contributed by atoms with van der Waals surface area (Å²) in [5, 5.41) is 9.14. The predicted octanol–water partition coefficient (Wildman–Crippen LogP) is 1.44. The van der Waals surface area contributed by atoms with E-state index >= 15 is 0 Å². The van der Waals surface area contributed by atoms with Crippen molar-refractivity contribution in [1.82, 2.24) is 16.0 Å². The monoisotopic (exact) mass is 387 g/mol. The summed E-state index contributed by atoms with van der Waals surface area (Å²) >= 11 is 1.37. The molecule has 140 valence electrons. The van der Waals surface area contributed by atoms with E-state index in [0.717, 1.165) is 30.8 Å². The van der Waals surface area contributed by atoms with E-state index in [1.165, 1.54) is 11.8 Å². The Hall–Kier alpha value is -1.28. The molecule has 0 aliphatic carbocycles. The van der Waals surface area contributed by atoms with Crippen molar-refractivity contribution in [2.24, 2.45) is 0 Å². The molecule has 0 bridgehead atoms. The lowest BCUT2D eigenvalue weighted by Crippen LogP contribution is -2.45. The summed E-state index contributed by atoms with van der Waals surface area (Å²) in [7, 11) is 1.59. The third-order valence-electron chi connectivity index (χ3n) is 3.75. The van der Waals surface area contributed by atoms with Gasteiger partial charge < -0.3 is 20.7 Å². The number of benzene rings is 1. The first-order valence-corrected chi connectivity index (χ1v) is 9.18. The molecular formula is C17H26ClN3O3S. The molecule has 0 radical (unpaired) electrons. The summed E-state index contributed by atoms with van der Waals surface area (Å²) in [4.78, 5) is 25.1. The lowest BCUT2D eigenvalue weighted by Gasteiger charge is -2.24. The van der Waals surface area contributed by atoms with Gasteiger partial charge in [0.1, 0.15) is 0 Å². The number of hydrogen-bond donors (Lipinski definition) is 3. The molecule has 1 heterocycles. The zero-order chi connectivity index (χ0) is 17.2. The van der Waals surface area contributed by atoms with E-state index in [1.54, 1.807) is 13.2 Å². The Morgan fingerprint density at radius 2 is 2.16 bits per heavy atom. The van der Waals surface area contributed by atoms with Gasteiger partial charge in [0.2, 0.25) is 5.91 Å². The van der Waals surface area contributed by atoms with Crippen LogP contribution in [0.3, 0.4) is 0 Å². The Labute approximate surface area is 159 Å². The van der Waals surface area contributed by atoms with Crippen molar-refractivity contribution in [2.75, 3.05) is 39.1 Å². The van der Waals surface area contributed by atoms with E-state index in [-0.39, 0.29) is 36.0 Å². The number of halogens is 1. The molecule has 1 aliphatic rings. The first-order valence-electron chi connectivity index (χ1n) is 8.19. The molecule has 8 heteroatoms. The SMILES string of the molecule is COCCNC(=O)CSc1ccccc1C(=O)N[C@H]1CCCNC1.Cl. The zero-order valence-electron chi connectivity index (χ0n) is 14.4. The van der Waals surface area contributed by atoms with Crippen molar-refractivity contribution in [1.29, 1.82) is 0 Å². The molecule has 1 aromatic carbocycles. The molecule has 2 amide bonds. The fourth-order valence-electron chi connectivity index (χ4n) is 2.51. The van der Waals surface area contributed by atoms with Crippen LogP contribution < -0.4 is 16.0 Å². The van der Waals surface area contributed by atoms with Crippen molar-refractivity contribution in [3.63, 3.8) is 0 Å². The summed E-state index contributed by atoms with van der Waals surface area (Å²) in [6.07, 6.45) is 2.07. The second-order valence-electron chi connectivity index (χ2n) is 5.64. The molecule has 25 heavy (non-hydrogen) atoms. The number of ether oxygens (including phenoxy) is 1. The largest absolute Gasteiger partial charge is 0.383 e. The minimum Gasteiger partial charge on any atom is -0.383 e. The number of carbonyl (C=O) groups excluding carboxylic acids is 2. The fourth-order valence-corrected chi connectivity index (χ4v) is 3.38. The van der Waals surface area contributed by atoms with Crippen molar-refractivity contribution in [2.45, 2.75) is 23.8 Å². The average Bonchev–Trinajstić information content (AvgIpc) is 2.61. The van der Waals surface area contributed by atoms with E-state index in [1.807, 2.05) is 18.2 Å². The number of nitrogens with one attached hydrogen (secondary N) is 3. The van der Waals surface area contributed by atoms with Crippen LogP contribution >= 0.6 is 24.2 Å². The highest BCUT2D eigenvalue weighted by Crippen LogP contribution is 2.22. The van der Waals surface area contributed by atoms with E-state index in [2.05, 4.69) is 16.0 Å². The maximum Gasteiger partial charge on any atom is 0.252 e. The van der Waals surface area contributed by atoms with E-state index in [4.69, 9.17) is 4.74 Å². The highest BCUT2D eigenvalue weighted by Gasteiger charge is 2.18. The van der Waals surface area contributed by atoms with Gasteiger partial charge >= 0.3 is 0 Å². The Balaban J connectivity index is 0.00000312. The molecule has 6 nitrogen and oxygen atoms in total. The molecule has 1 aliphatic heterocycles. The molecule has 0 aromatic heterocycles. The van der Waals surface area contributed by atoms with Gasteiger partial charge in [0, 0.05) is 31.1 Å². The smallest absolute Gasteiger partial charge is 0.252 e. The average molecular weight is 388 g/mol. The van der Waals surface area contributed by atoms with Crippen molar-refractivity contribution >= 4 is 36.0 Å². The minimum atomic E-state index is -0.0772. The summed E-state index contributed by atoms with van der Waals surface area (Å²) < 4.78 is 4.90. The van der Waals surface area contributed by atoms with Crippen molar-refractivity contribution in [3.05, 3.63) is 29.8 Å². The quantitative estimate of drug-likeness (QED) is 0.464. The third-order valence-corrected chi connectivity index (χ3v) is 4.82. The number of hydrogen-bond acceptors (Lipinski definition) is 5. The van der Waals surface area contributed by atoms with Gasteiger partial charge in [-0.1, -0.05) is 12.1 Å². The number of thioether (sulfide) groups is 1. The Kier molecular flexibility index (Phi) is 10.6. The number of carbonyl (C=O) groups is 2. The van der Waals surface area contributed by atoms with Gasteiger partial charge in [-0.05, 0) is 31.5 Å². The first-order chi connectivity index (χ1) is 11.7. The van der Waals surface area contributed by atoms with Crippen LogP contribution in [0.1, 0.15) is 23.2 Å². The molecule has 1 fully saturated rings. The maximum absolute atomic E-state index is 12.5. The Morgan fingerprint density at radius 1 is 1.36 bits per heavy atom. The van der Waals surface area contributed by atoms with Gasteiger partial charge in [-0.15, -0.1) is 24.2 Å². The fraction of sp³-hybridized carbons (Fsp3) is 0.529. The van der Waals surface area contributed by atoms with E-state index in [0.29, 0.717) is 18.7 Å². The van der Waals surface area contributed by atoms with Gasteiger partial charge in [0.25, 0.3) is 5.91 Å². The van der Waals surface area contributed by atoms with Gasteiger partial charge in [-0.2, -0.15) is 0 Å². The maximum atomic E-state index is 12.5. The second-order valence-corrected chi connectivity index (χ2v) is 6.66. The summed E-state index contributed by atoms with van der Waals surface area (Å²) in [6.45, 7) is 2.80. The molecule has 1 atom stereocenters. The Morgan fingerprint density at radius 3 is 2.88 bits per heavy atom. The zero-order valence-corrected chi connectivity index (χ0v) is 16.0. The number of methoxy groups -OCH3 is 1. The topological polar surface area (TPSA) is 79.5 Å². The van der Waals surface area contributed by atoms with Crippen LogP contribution in [0.4, 0.5) is 0 Å². The van der Waals surface area contributed by atoms with Crippen LogP contribution in [0.15, 0.2) is 29.2 Å². The lowest BCUT2D eigenvalue weighted by atomic mass is 10.1. The van der Waals surface area contributed by atoms with E-state index in [9.17, 15) is 9.59 Å². The molecule has 0 saturated carbocycles. The second kappa shape index (κ2) is 12.1. The minimum absolute atomic E-state index is 0. The Bertz CT molecular complexity index is 554. The predicted molar refractivity (Wildman–Crippen MR) is 103 cm³/mol. The summed E-state index contributed by atoms with van der Waals surface area (Å²) in [5.41, 5.74) is 0.623. The molecule has 2 rings (SSSR count). The first kappa shape index (κ1) is 21.8. The molecule has 1 aromatic rings. The van der Waals surface area contributed by atoms with Crippen LogP contribution in [0, 0.1) is 0 Å². The van der Waals surface area contributed by atoms with Crippen LogP contribution in [0.5, 0.6) is 0 Å². The van der Waals surface area contributed by atoms with Crippen LogP contribution in [0.25, 0.3) is 0 Å². The van der Waals surface area contributed by atoms with Gasteiger partial charge in [0.05, 0.1) is 17.9 Å². The number of rotatable bonds is 8.